The van der Waals surface area contributed by atoms with Gasteiger partial charge in [-0.05, 0) is 78.1 Å². The molecule has 0 fully saturated rings. The Bertz CT molecular complexity index is 2150. The molecule has 6 rings (SSSR count). The summed E-state index contributed by atoms with van der Waals surface area (Å²) in [5.74, 6) is -0.478. The smallest absolute Gasteiger partial charge is 0.269 e. The number of rotatable bonds is 4. The molecule has 9 heteroatoms. The summed E-state index contributed by atoms with van der Waals surface area (Å²) in [6, 6.07) is 13.4. The van der Waals surface area contributed by atoms with E-state index < -0.39 is 27.4 Å². The quantitative estimate of drug-likeness (QED) is 0.253. The van der Waals surface area contributed by atoms with E-state index in [2.05, 4.69) is 65.6 Å². The van der Waals surface area contributed by atoms with Gasteiger partial charge in [0.2, 0.25) is 5.36 Å². The van der Waals surface area contributed by atoms with E-state index in [1.807, 2.05) is 55.8 Å². The number of aromatic carboxylic acids is 1. The first kappa shape index (κ1) is 33.0. The van der Waals surface area contributed by atoms with Crippen molar-refractivity contribution < 1.29 is 27.6 Å². The number of hydrogen-bond donors (Lipinski definition) is 1. The van der Waals surface area contributed by atoms with Crippen LogP contribution < -0.4 is 29.9 Å². The minimum absolute atomic E-state index is 0.0560. The van der Waals surface area contributed by atoms with Gasteiger partial charge in [-0.1, -0.05) is 39.8 Å². The fourth-order valence-corrected chi connectivity index (χ4v) is 8.07. The second-order valence-corrected chi connectivity index (χ2v) is 17.1. The van der Waals surface area contributed by atoms with Crippen molar-refractivity contribution in [3.8, 4) is 11.5 Å². The van der Waals surface area contributed by atoms with Crippen LogP contribution in [0.2, 0.25) is 0 Å². The molecule has 47 heavy (non-hydrogen) atoms. The van der Waals surface area contributed by atoms with E-state index in [1.54, 1.807) is 6.07 Å². The van der Waals surface area contributed by atoms with E-state index >= 15 is 0 Å². The van der Waals surface area contributed by atoms with E-state index in [9.17, 15) is 22.9 Å². The predicted molar refractivity (Wildman–Crippen MR) is 184 cm³/mol. The molecule has 3 aliphatic heterocycles. The number of carboxylic acid groups (broad SMARTS) is 1. The summed E-state index contributed by atoms with van der Waals surface area (Å²) in [6.45, 7) is 16.9. The maximum absolute atomic E-state index is 12.7. The van der Waals surface area contributed by atoms with Gasteiger partial charge in [0, 0.05) is 60.1 Å². The Hall–Kier alpha value is -3.95. The number of likely N-dealkylation sites (N-methyl/N-ethyl adjacent to an activating group) is 1. The van der Waals surface area contributed by atoms with Crippen molar-refractivity contribution in [2.24, 2.45) is 0 Å². The third-order valence-corrected chi connectivity index (χ3v) is 11.1. The summed E-state index contributed by atoms with van der Waals surface area (Å²) in [5.41, 5.74) is 5.34. The largest absolute Gasteiger partial charge is 0.545 e. The first-order valence-electron chi connectivity index (χ1n) is 16.0. The zero-order valence-corrected chi connectivity index (χ0v) is 29.7. The first-order chi connectivity index (χ1) is 21.6. The van der Waals surface area contributed by atoms with E-state index in [0.29, 0.717) is 39.0 Å². The minimum Gasteiger partial charge on any atom is -0.545 e. The van der Waals surface area contributed by atoms with Gasteiger partial charge in [-0.2, -0.15) is 8.42 Å². The van der Waals surface area contributed by atoms with Gasteiger partial charge in [-0.15, -0.1) is 0 Å². The normalized spacial score (nSPS) is 19.6. The molecule has 8 nitrogen and oxygen atoms in total. The van der Waals surface area contributed by atoms with Crippen LogP contribution in [0.4, 0.5) is 5.69 Å². The molecule has 0 amide bonds. The highest BCUT2D eigenvalue weighted by Crippen LogP contribution is 2.48. The van der Waals surface area contributed by atoms with Crippen LogP contribution in [0.5, 0.6) is 11.5 Å². The Balaban J connectivity index is 1.79. The number of benzene rings is 3. The lowest BCUT2D eigenvalue weighted by atomic mass is 9.77. The van der Waals surface area contributed by atoms with Gasteiger partial charge in [0.25, 0.3) is 10.1 Å². The van der Waals surface area contributed by atoms with Gasteiger partial charge < -0.3 is 19.5 Å². The molecule has 3 aromatic carbocycles. The fraction of sp³-hybridized carbons (Fsp3) is 0.421. The van der Waals surface area contributed by atoms with Gasteiger partial charge in [0.15, 0.2) is 5.54 Å². The average molecular weight is 657 g/mol. The van der Waals surface area contributed by atoms with Gasteiger partial charge in [-0.25, -0.2) is 4.58 Å². The van der Waals surface area contributed by atoms with Gasteiger partial charge in [-0.3, -0.25) is 4.55 Å². The second-order valence-electron chi connectivity index (χ2n) is 15.6. The molecule has 248 valence electrons. The van der Waals surface area contributed by atoms with Crippen LogP contribution in [-0.4, -0.2) is 49.9 Å². The van der Waals surface area contributed by atoms with Crippen LogP contribution in [0.15, 0.2) is 48.5 Å². The highest BCUT2D eigenvalue weighted by molar-refractivity contribution is 7.86. The molecule has 0 spiro atoms. The number of carboxylic acids is 1. The Morgan fingerprint density at radius 1 is 1.04 bits per heavy atom. The Morgan fingerprint density at radius 2 is 1.72 bits per heavy atom. The molecule has 3 heterocycles. The van der Waals surface area contributed by atoms with Crippen molar-refractivity contribution in [2.75, 3.05) is 24.7 Å². The highest BCUT2D eigenvalue weighted by atomic mass is 32.2. The lowest BCUT2D eigenvalue weighted by molar-refractivity contribution is -0.255. The van der Waals surface area contributed by atoms with Crippen molar-refractivity contribution in [3.05, 3.63) is 92.5 Å². The summed E-state index contributed by atoms with van der Waals surface area (Å²) in [7, 11) is -0.329. The van der Waals surface area contributed by atoms with Crippen LogP contribution in [0, 0.1) is 0 Å². The van der Waals surface area contributed by atoms with Gasteiger partial charge >= 0.3 is 0 Å². The molecule has 0 bridgehead atoms. The molecule has 1 unspecified atom stereocenters. The monoisotopic (exact) mass is 656 g/mol. The van der Waals surface area contributed by atoms with E-state index in [1.165, 1.54) is 0 Å². The number of anilines is 1. The lowest BCUT2D eigenvalue weighted by Gasteiger charge is -2.46. The minimum atomic E-state index is -4.36. The third-order valence-electron chi connectivity index (χ3n) is 10.4. The Kier molecular flexibility index (Phi) is 7.38. The number of carbonyl (C=O) groups excluding carboxylic acids is 1. The van der Waals surface area contributed by atoms with Crippen LogP contribution in [0.3, 0.4) is 0 Å². The number of nitrogens with zero attached hydrogens (tertiary/aromatic N) is 2. The molecule has 1 atom stereocenters. The molecule has 0 radical (unpaired) electrons. The lowest BCUT2D eigenvalue weighted by Crippen LogP contribution is -2.47. The molecule has 0 aliphatic carbocycles. The number of carbonyl (C=O) groups is 1. The molecular formula is C38H44N2O6S. The van der Waals surface area contributed by atoms with Crippen LogP contribution >= 0.6 is 0 Å². The SMILES string of the molecule is CC1CC(C)(C)N(C)c2cc3c(cc21)C(c1cc(C(C)(C)C)ccc1C(=O)[O-])=c1cc2c(cc1O3)=[N+](C)C(C)(C)C=C2CS(=O)(=O)O. The van der Waals surface area contributed by atoms with Crippen LogP contribution in [0.25, 0.3) is 11.1 Å². The van der Waals surface area contributed by atoms with Crippen LogP contribution in [0.1, 0.15) is 106 Å². The Labute approximate surface area is 277 Å². The maximum Gasteiger partial charge on any atom is 0.269 e. The van der Waals surface area contributed by atoms with Gasteiger partial charge in [0.1, 0.15) is 24.3 Å². The standard InChI is InChI=1S/C38H44N2O6S/c1-21-18-37(5,6)39(9)30-16-32-28(14-25(21)30)34(27-13-23(36(2,3)4)11-12-24(27)35(41)42)29-15-26-22(20-47(43,44)45)19-38(7,8)40(10)31(26)17-33(29)46-32/h11-17,19,21H,18,20H2,1-10H3,(H-,41,42,43,44,45). The van der Waals surface area contributed by atoms with Gasteiger partial charge in [0.05, 0.1) is 17.6 Å². The van der Waals surface area contributed by atoms with E-state index in [0.717, 1.165) is 34.2 Å². The summed E-state index contributed by atoms with van der Waals surface area (Å²) in [5, 5.41) is 14.1. The Morgan fingerprint density at radius 3 is 2.34 bits per heavy atom. The average Bonchev–Trinajstić information content (AvgIpc) is 2.94. The van der Waals surface area contributed by atoms with E-state index in [-0.39, 0.29) is 22.4 Å². The summed E-state index contributed by atoms with van der Waals surface area (Å²) >= 11 is 0. The second kappa shape index (κ2) is 10.5. The molecular weight excluding hydrogens is 612 g/mol. The topological polar surface area (TPSA) is 110 Å². The third kappa shape index (κ3) is 5.57. The molecule has 1 N–H and O–H groups in total. The summed E-state index contributed by atoms with van der Waals surface area (Å²) < 4.78 is 43.2. The van der Waals surface area contributed by atoms with Crippen molar-refractivity contribution in [3.63, 3.8) is 0 Å². The molecule has 3 aromatic rings. The number of hydrogen-bond acceptors (Lipinski definition) is 6. The highest BCUT2D eigenvalue weighted by Gasteiger charge is 2.38. The fourth-order valence-electron chi connectivity index (χ4n) is 7.43. The van der Waals surface area contributed by atoms with Crippen molar-refractivity contribution in [2.45, 2.75) is 84.2 Å². The molecule has 3 aliphatic rings. The zero-order chi connectivity index (χ0) is 34.6. The zero-order valence-electron chi connectivity index (χ0n) is 28.9. The number of ether oxygens (including phenoxy) is 1. The predicted octanol–water partition coefficient (Wildman–Crippen LogP) is 4.61. The summed E-state index contributed by atoms with van der Waals surface area (Å²) in [4.78, 5) is 15.0. The van der Waals surface area contributed by atoms with Crippen LogP contribution in [-0.2, 0) is 15.5 Å². The number of fused-ring (bicyclic) bond motifs is 4. The van der Waals surface area contributed by atoms with E-state index in [4.69, 9.17) is 4.74 Å². The van der Waals surface area contributed by atoms with Crippen molar-refractivity contribution in [1.82, 2.24) is 4.58 Å². The summed E-state index contributed by atoms with van der Waals surface area (Å²) in [6.07, 6.45) is 2.79. The molecule has 0 aromatic heterocycles. The first-order valence-corrected chi connectivity index (χ1v) is 17.6. The molecule has 0 saturated heterocycles. The van der Waals surface area contributed by atoms with Crippen molar-refractivity contribution in [1.29, 1.82) is 0 Å². The molecule has 0 saturated carbocycles. The maximum atomic E-state index is 12.7. The van der Waals surface area contributed by atoms with Crippen molar-refractivity contribution >= 4 is 32.9 Å².